The molecule has 2 N–H and O–H groups in total. The van der Waals surface area contributed by atoms with Crippen LogP contribution in [0.1, 0.15) is 23.5 Å². The van der Waals surface area contributed by atoms with Crippen LogP contribution in [0.2, 0.25) is 0 Å². The number of carbonyl (C=O) groups excluding carboxylic acids is 1. The molecular weight excluding hydrogens is 316 g/mol. The Labute approximate surface area is 144 Å². The summed E-state index contributed by atoms with van der Waals surface area (Å²) in [5.41, 5.74) is 3.60. The Morgan fingerprint density at radius 2 is 1.88 bits per heavy atom. The summed E-state index contributed by atoms with van der Waals surface area (Å²) in [6.07, 6.45) is 2.91. The SMILES string of the molecule is O=C(O)[C@H]1CN(C(=O)CCc2c[nH]c3ccccc23)c2ccccc21. The Hall–Kier alpha value is -3.08. The van der Waals surface area contributed by atoms with Crippen molar-refractivity contribution in [3.8, 4) is 0 Å². The van der Waals surface area contributed by atoms with Crippen molar-refractivity contribution in [2.75, 3.05) is 11.4 Å². The van der Waals surface area contributed by atoms with E-state index in [1.807, 2.05) is 48.7 Å². The topological polar surface area (TPSA) is 73.4 Å². The van der Waals surface area contributed by atoms with E-state index in [1.54, 1.807) is 11.0 Å². The molecule has 2 aromatic carbocycles. The number of benzene rings is 2. The summed E-state index contributed by atoms with van der Waals surface area (Å²) in [6.45, 7) is 0.210. The minimum absolute atomic E-state index is 0.0403. The van der Waals surface area contributed by atoms with Gasteiger partial charge in [-0.3, -0.25) is 9.59 Å². The van der Waals surface area contributed by atoms with Gasteiger partial charge >= 0.3 is 5.97 Å². The van der Waals surface area contributed by atoms with E-state index in [-0.39, 0.29) is 12.5 Å². The number of aromatic nitrogens is 1. The van der Waals surface area contributed by atoms with E-state index in [9.17, 15) is 14.7 Å². The van der Waals surface area contributed by atoms with Gasteiger partial charge in [0, 0.05) is 35.8 Å². The molecule has 5 nitrogen and oxygen atoms in total. The second-order valence-electron chi connectivity index (χ2n) is 6.31. The lowest BCUT2D eigenvalue weighted by molar-refractivity contribution is -0.138. The minimum atomic E-state index is -0.889. The summed E-state index contributed by atoms with van der Waals surface area (Å²) in [5.74, 6) is -1.57. The smallest absolute Gasteiger partial charge is 0.312 e. The lowest BCUT2D eigenvalue weighted by atomic mass is 10.0. The van der Waals surface area contributed by atoms with Gasteiger partial charge in [-0.25, -0.2) is 0 Å². The molecule has 1 aliphatic heterocycles. The van der Waals surface area contributed by atoms with Gasteiger partial charge in [0.25, 0.3) is 0 Å². The zero-order valence-corrected chi connectivity index (χ0v) is 13.6. The van der Waals surface area contributed by atoms with Crippen molar-refractivity contribution in [3.63, 3.8) is 0 Å². The summed E-state index contributed by atoms with van der Waals surface area (Å²) in [6, 6.07) is 15.3. The van der Waals surface area contributed by atoms with Gasteiger partial charge in [-0.15, -0.1) is 0 Å². The standard InChI is InChI=1S/C20H18N2O3/c23-19(10-9-13-11-21-17-7-3-1-5-14(13)17)22-12-16(20(24)25)15-6-2-4-8-18(15)22/h1-8,11,16,21H,9-10,12H2,(H,24,25)/t16-/m0/s1. The highest BCUT2D eigenvalue weighted by Crippen LogP contribution is 2.36. The number of rotatable bonds is 4. The number of aliphatic carboxylic acids is 1. The molecule has 0 unspecified atom stereocenters. The Morgan fingerprint density at radius 1 is 1.12 bits per heavy atom. The third-order valence-electron chi connectivity index (χ3n) is 4.85. The summed E-state index contributed by atoms with van der Waals surface area (Å²) in [4.78, 5) is 29.0. The number of para-hydroxylation sites is 2. The molecule has 0 spiro atoms. The highest BCUT2D eigenvalue weighted by Gasteiger charge is 2.35. The first kappa shape index (κ1) is 15.4. The van der Waals surface area contributed by atoms with Gasteiger partial charge in [-0.1, -0.05) is 36.4 Å². The van der Waals surface area contributed by atoms with E-state index in [0.717, 1.165) is 27.7 Å². The second-order valence-corrected chi connectivity index (χ2v) is 6.31. The zero-order chi connectivity index (χ0) is 17.4. The van der Waals surface area contributed by atoms with Gasteiger partial charge in [0.2, 0.25) is 5.91 Å². The molecule has 0 fully saturated rings. The number of carboxylic acids is 1. The molecule has 1 atom stereocenters. The molecule has 0 saturated carbocycles. The van der Waals surface area contributed by atoms with Gasteiger partial charge in [0.1, 0.15) is 5.92 Å². The van der Waals surface area contributed by atoms with Crippen molar-refractivity contribution in [2.24, 2.45) is 0 Å². The van der Waals surface area contributed by atoms with E-state index in [1.165, 1.54) is 0 Å². The Morgan fingerprint density at radius 3 is 2.72 bits per heavy atom. The number of hydrogen-bond acceptors (Lipinski definition) is 2. The maximum absolute atomic E-state index is 12.7. The molecule has 0 aliphatic carbocycles. The third kappa shape index (κ3) is 2.67. The van der Waals surface area contributed by atoms with Crippen molar-refractivity contribution in [1.29, 1.82) is 0 Å². The predicted octanol–water partition coefficient (Wildman–Crippen LogP) is 3.32. The van der Waals surface area contributed by atoms with Crippen LogP contribution in [0.4, 0.5) is 5.69 Å². The number of carboxylic acid groups (broad SMARTS) is 1. The average Bonchev–Trinajstić information content (AvgIpc) is 3.21. The molecule has 1 aromatic heterocycles. The number of H-pyrrole nitrogens is 1. The van der Waals surface area contributed by atoms with Gasteiger partial charge in [-0.05, 0) is 29.7 Å². The molecular formula is C20H18N2O3. The molecule has 3 aromatic rings. The maximum atomic E-state index is 12.7. The number of fused-ring (bicyclic) bond motifs is 2. The van der Waals surface area contributed by atoms with Crippen LogP contribution in [0.3, 0.4) is 0 Å². The van der Waals surface area contributed by atoms with Crippen molar-refractivity contribution in [2.45, 2.75) is 18.8 Å². The summed E-state index contributed by atoms with van der Waals surface area (Å²) in [5, 5.41) is 10.5. The van der Waals surface area contributed by atoms with Gasteiger partial charge in [-0.2, -0.15) is 0 Å². The van der Waals surface area contributed by atoms with Crippen LogP contribution in [0, 0.1) is 0 Å². The first-order valence-electron chi connectivity index (χ1n) is 8.32. The minimum Gasteiger partial charge on any atom is -0.481 e. The predicted molar refractivity (Wildman–Crippen MR) is 95.8 cm³/mol. The fourth-order valence-corrected chi connectivity index (χ4v) is 3.57. The van der Waals surface area contributed by atoms with Crippen LogP contribution in [0.25, 0.3) is 10.9 Å². The molecule has 0 bridgehead atoms. The molecule has 0 saturated heterocycles. The summed E-state index contributed by atoms with van der Waals surface area (Å²) < 4.78 is 0. The first-order valence-corrected chi connectivity index (χ1v) is 8.32. The number of amides is 1. The number of aromatic amines is 1. The van der Waals surface area contributed by atoms with Crippen molar-refractivity contribution in [3.05, 3.63) is 65.9 Å². The number of nitrogens with zero attached hydrogens (tertiary/aromatic N) is 1. The van der Waals surface area contributed by atoms with Crippen LogP contribution >= 0.6 is 0 Å². The fourth-order valence-electron chi connectivity index (χ4n) is 3.57. The van der Waals surface area contributed by atoms with Gasteiger partial charge in [0.05, 0.1) is 0 Å². The van der Waals surface area contributed by atoms with E-state index in [2.05, 4.69) is 4.98 Å². The summed E-state index contributed by atoms with van der Waals surface area (Å²) in [7, 11) is 0. The van der Waals surface area contributed by atoms with E-state index in [4.69, 9.17) is 0 Å². The van der Waals surface area contributed by atoms with Crippen LogP contribution in [0.15, 0.2) is 54.7 Å². The normalized spacial score (nSPS) is 16.2. The van der Waals surface area contributed by atoms with Crippen LogP contribution in [-0.2, 0) is 16.0 Å². The number of carbonyl (C=O) groups is 2. The van der Waals surface area contributed by atoms with Gasteiger partial charge < -0.3 is 15.0 Å². The number of nitrogens with one attached hydrogen (secondary N) is 1. The molecule has 1 amide bonds. The lowest BCUT2D eigenvalue weighted by Gasteiger charge is -2.17. The third-order valence-corrected chi connectivity index (χ3v) is 4.85. The molecule has 4 rings (SSSR count). The number of hydrogen-bond donors (Lipinski definition) is 2. The number of aryl methyl sites for hydroxylation is 1. The molecule has 126 valence electrons. The zero-order valence-electron chi connectivity index (χ0n) is 13.6. The average molecular weight is 334 g/mol. The molecule has 2 heterocycles. The van der Waals surface area contributed by atoms with E-state index < -0.39 is 11.9 Å². The van der Waals surface area contributed by atoms with Crippen LogP contribution in [0.5, 0.6) is 0 Å². The lowest BCUT2D eigenvalue weighted by Crippen LogP contribution is -2.31. The first-order chi connectivity index (χ1) is 12.1. The largest absolute Gasteiger partial charge is 0.481 e. The van der Waals surface area contributed by atoms with E-state index in [0.29, 0.717) is 12.8 Å². The highest BCUT2D eigenvalue weighted by atomic mass is 16.4. The van der Waals surface area contributed by atoms with Crippen molar-refractivity contribution in [1.82, 2.24) is 4.98 Å². The Balaban J connectivity index is 1.53. The molecule has 25 heavy (non-hydrogen) atoms. The van der Waals surface area contributed by atoms with Crippen LogP contribution in [-0.4, -0.2) is 28.5 Å². The molecule has 1 aliphatic rings. The maximum Gasteiger partial charge on any atom is 0.312 e. The molecule has 5 heteroatoms. The van der Waals surface area contributed by atoms with Crippen molar-refractivity contribution < 1.29 is 14.7 Å². The fraction of sp³-hybridized carbons (Fsp3) is 0.200. The monoisotopic (exact) mass is 334 g/mol. The van der Waals surface area contributed by atoms with Crippen LogP contribution < -0.4 is 4.90 Å². The Kier molecular flexibility index (Phi) is 3.76. The second kappa shape index (κ2) is 6.09. The molecule has 0 radical (unpaired) electrons. The van der Waals surface area contributed by atoms with E-state index >= 15 is 0 Å². The Bertz CT molecular complexity index is 960. The summed E-state index contributed by atoms with van der Waals surface area (Å²) >= 11 is 0. The van der Waals surface area contributed by atoms with Gasteiger partial charge in [0.15, 0.2) is 0 Å². The highest BCUT2D eigenvalue weighted by molar-refractivity contribution is 5.99. The number of anilines is 1. The quantitative estimate of drug-likeness (QED) is 0.769. The van der Waals surface area contributed by atoms with Crippen molar-refractivity contribution >= 4 is 28.5 Å².